The zero-order valence-electron chi connectivity index (χ0n) is 16.6. The van der Waals surface area contributed by atoms with Gasteiger partial charge in [-0.1, -0.05) is 13.2 Å². The van der Waals surface area contributed by atoms with Crippen LogP contribution in [0.3, 0.4) is 0 Å². The summed E-state index contributed by atoms with van der Waals surface area (Å²) in [5, 5.41) is 5.81. The van der Waals surface area contributed by atoms with E-state index in [4.69, 9.17) is 14.2 Å². The van der Waals surface area contributed by atoms with Crippen LogP contribution in [0.25, 0.3) is 0 Å². The molecule has 152 valence electrons. The van der Waals surface area contributed by atoms with E-state index in [0.29, 0.717) is 50.7 Å². The molecule has 0 aromatic rings. The zero-order valence-corrected chi connectivity index (χ0v) is 16.6. The predicted molar refractivity (Wildman–Crippen MR) is 104 cm³/mol. The molecule has 0 aliphatic heterocycles. The van der Waals surface area contributed by atoms with E-state index < -0.39 is 0 Å². The molecule has 0 spiro atoms. The van der Waals surface area contributed by atoms with Crippen molar-refractivity contribution in [2.24, 2.45) is 0 Å². The smallest absolute Gasteiger partial charge is 0.246 e. The lowest BCUT2D eigenvalue weighted by molar-refractivity contribution is -0.117. The van der Waals surface area contributed by atoms with Gasteiger partial charge >= 0.3 is 0 Å². The van der Waals surface area contributed by atoms with Crippen molar-refractivity contribution in [1.29, 1.82) is 0 Å². The molecule has 7 heteroatoms. The Labute approximate surface area is 158 Å². The van der Waals surface area contributed by atoms with Crippen LogP contribution in [0.1, 0.15) is 26.7 Å². The standard InChI is InChI=1S/C15H30N2O4.C4H6O/c1-14(2)15(18)17-7-5-9-20-11-13-21-12-10-19-8-4-6-16-3;1-4(2)3-5/h16H,1,4-13H2,2-3H3,(H,17,18);3H,1H2,2H3. The Morgan fingerprint density at radius 3 is 1.69 bits per heavy atom. The van der Waals surface area contributed by atoms with Crippen LogP contribution in [0, 0.1) is 0 Å². The molecular formula is C19H36N2O5. The summed E-state index contributed by atoms with van der Waals surface area (Å²) >= 11 is 0. The molecule has 2 N–H and O–H groups in total. The normalized spacial score (nSPS) is 9.81. The first-order valence-electron chi connectivity index (χ1n) is 8.87. The minimum atomic E-state index is -0.104. The van der Waals surface area contributed by atoms with Crippen LogP contribution in [0.2, 0.25) is 0 Å². The average Bonchev–Trinajstić information content (AvgIpc) is 2.62. The summed E-state index contributed by atoms with van der Waals surface area (Å²) in [7, 11) is 1.93. The fraction of sp³-hybridized carbons (Fsp3) is 0.684. The van der Waals surface area contributed by atoms with Gasteiger partial charge in [0.05, 0.1) is 26.4 Å². The van der Waals surface area contributed by atoms with Crippen molar-refractivity contribution < 1.29 is 23.8 Å². The Bertz CT molecular complexity index is 386. The van der Waals surface area contributed by atoms with E-state index in [1.807, 2.05) is 7.05 Å². The summed E-state index contributed by atoms with van der Waals surface area (Å²) in [6, 6.07) is 0. The third kappa shape index (κ3) is 24.7. The average molecular weight is 373 g/mol. The second-order valence-electron chi connectivity index (χ2n) is 5.65. The molecule has 1 amide bonds. The molecule has 0 saturated carbocycles. The van der Waals surface area contributed by atoms with Gasteiger partial charge in [0.1, 0.15) is 6.29 Å². The van der Waals surface area contributed by atoms with Crippen molar-refractivity contribution in [1.82, 2.24) is 10.6 Å². The number of carbonyl (C=O) groups excluding carboxylic acids is 2. The molecule has 0 aromatic carbocycles. The van der Waals surface area contributed by atoms with Crippen LogP contribution < -0.4 is 10.6 Å². The molecule has 0 unspecified atom stereocenters. The number of hydrogen-bond donors (Lipinski definition) is 2. The highest BCUT2D eigenvalue weighted by Crippen LogP contribution is 1.88. The molecule has 0 aromatic heterocycles. The molecule has 0 aliphatic carbocycles. The highest BCUT2D eigenvalue weighted by Gasteiger charge is 1.99. The lowest BCUT2D eigenvalue weighted by Gasteiger charge is -2.07. The molecule has 0 rings (SSSR count). The van der Waals surface area contributed by atoms with E-state index in [2.05, 4.69) is 23.8 Å². The maximum Gasteiger partial charge on any atom is 0.246 e. The fourth-order valence-corrected chi connectivity index (χ4v) is 1.42. The first-order chi connectivity index (χ1) is 12.5. The van der Waals surface area contributed by atoms with Crippen LogP contribution in [0.15, 0.2) is 24.3 Å². The topological polar surface area (TPSA) is 85.9 Å². The fourth-order valence-electron chi connectivity index (χ4n) is 1.42. The second kappa shape index (κ2) is 21.5. The Hall–Kier alpha value is -1.54. The third-order valence-electron chi connectivity index (χ3n) is 2.80. The molecule has 0 fully saturated rings. The van der Waals surface area contributed by atoms with Crippen molar-refractivity contribution >= 4 is 12.2 Å². The van der Waals surface area contributed by atoms with E-state index in [1.54, 1.807) is 13.8 Å². The van der Waals surface area contributed by atoms with Crippen LogP contribution >= 0.6 is 0 Å². The number of aldehydes is 1. The van der Waals surface area contributed by atoms with E-state index in [0.717, 1.165) is 32.3 Å². The minimum absolute atomic E-state index is 0.104. The second-order valence-corrected chi connectivity index (χ2v) is 5.65. The van der Waals surface area contributed by atoms with Crippen molar-refractivity contribution in [3.8, 4) is 0 Å². The third-order valence-corrected chi connectivity index (χ3v) is 2.80. The van der Waals surface area contributed by atoms with Gasteiger partial charge in [0.2, 0.25) is 5.91 Å². The number of carbonyl (C=O) groups is 2. The maximum absolute atomic E-state index is 11.2. The Morgan fingerprint density at radius 1 is 0.885 bits per heavy atom. The SMILES string of the molecule is C=C(C)C(=O)NCCCOCCOCCOCCCNC.C=C(C)C=O. The largest absolute Gasteiger partial charge is 0.379 e. The van der Waals surface area contributed by atoms with Crippen LogP contribution in [0.5, 0.6) is 0 Å². The van der Waals surface area contributed by atoms with Gasteiger partial charge in [-0.25, -0.2) is 0 Å². The Balaban J connectivity index is 0. The zero-order chi connectivity index (χ0) is 20.0. The van der Waals surface area contributed by atoms with Crippen molar-refractivity contribution in [3.05, 3.63) is 24.3 Å². The van der Waals surface area contributed by atoms with Gasteiger partial charge in [0.15, 0.2) is 0 Å². The van der Waals surface area contributed by atoms with Crippen LogP contribution in [-0.2, 0) is 23.8 Å². The molecule has 7 nitrogen and oxygen atoms in total. The summed E-state index contributed by atoms with van der Waals surface area (Å²) in [5.41, 5.74) is 1.10. The number of hydrogen-bond acceptors (Lipinski definition) is 6. The number of ether oxygens (including phenoxy) is 3. The number of allylic oxidation sites excluding steroid dienone is 1. The number of amides is 1. The van der Waals surface area contributed by atoms with Gasteiger partial charge in [-0.15, -0.1) is 0 Å². The van der Waals surface area contributed by atoms with E-state index in [-0.39, 0.29) is 5.91 Å². The van der Waals surface area contributed by atoms with Crippen LogP contribution in [0.4, 0.5) is 0 Å². The van der Waals surface area contributed by atoms with Crippen LogP contribution in [-0.4, -0.2) is 72.0 Å². The highest BCUT2D eigenvalue weighted by molar-refractivity contribution is 5.91. The van der Waals surface area contributed by atoms with E-state index >= 15 is 0 Å². The number of nitrogens with one attached hydrogen (secondary N) is 2. The monoisotopic (exact) mass is 372 g/mol. The first-order valence-corrected chi connectivity index (χ1v) is 8.87. The van der Waals surface area contributed by atoms with Gasteiger partial charge < -0.3 is 24.8 Å². The minimum Gasteiger partial charge on any atom is -0.379 e. The molecule has 0 saturated heterocycles. The van der Waals surface area contributed by atoms with E-state index in [9.17, 15) is 9.59 Å². The summed E-state index contributed by atoms with van der Waals surface area (Å²) in [4.78, 5) is 20.6. The van der Waals surface area contributed by atoms with Crippen molar-refractivity contribution in [3.63, 3.8) is 0 Å². The number of rotatable bonds is 16. The summed E-state index contributed by atoms with van der Waals surface area (Å²) < 4.78 is 16.1. The molecule has 0 bridgehead atoms. The van der Waals surface area contributed by atoms with Gasteiger partial charge in [-0.3, -0.25) is 9.59 Å². The lowest BCUT2D eigenvalue weighted by atomic mass is 10.3. The maximum atomic E-state index is 11.2. The Kier molecular flexibility index (Phi) is 22.1. The molecular weight excluding hydrogens is 336 g/mol. The quantitative estimate of drug-likeness (QED) is 0.243. The summed E-state index contributed by atoms with van der Waals surface area (Å²) in [6.45, 7) is 15.5. The van der Waals surface area contributed by atoms with Gasteiger partial charge in [0, 0.05) is 25.3 Å². The first kappa shape index (κ1) is 26.7. The lowest BCUT2D eigenvalue weighted by Crippen LogP contribution is -2.25. The van der Waals surface area contributed by atoms with Gasteiger partial charge in [-0.05, 0) is 45.9 Å². The summed E-state index contributed by atoms with van der Waals surface area (Å²) in [6.07, 6.45) is 2.52. The summed E-state index contributed by atoms with van der Waals surface area (Å²) in [5.74, 6) is -0.104. The Morgan fingerprint density at radius 2 is 1.31 bits per heavy atom. The molecule has 0 aliphatic rings. The van der Waals surface area contributed by atoms with Gasteiger partial charge in [0.25, 0.3) is 0 Å². The molecule has 0 radical (unpaired) electrons. The molecule has 0 atom stereocenters. The van der Waals surface area contributed by atoms with Crippen molar-refractivity contribution in [2.75, 3.05) is 59.8 Å². The predicted octanol–water partition coefficient (Wildman–Crippen LogP) is 1.49. The highest BCUT2D eigenvalue weighted by atomic mass is 16.5. The molecule has 26 heavy (non-hydrogen) atoms. The van der Waals surface area contributed by atoms with Gasteiger partial charge in [-0.2, -0.15) is 0 Å². The van der Waals surface area contributed by atoms with Crippen molar-refractivity contribution in [2.45, 2.75) is 26.7 Å². The van der Waals surface area contributed by atoms with E-state index in [1.165, 1.54) is 0 Å². The molecule has 0 heterocycles.